The second-order valence-electron chi connectivity index (χ2n) is 6.95. The molecule has 2 amide bonds. The normalized spacial score (nSPS) is 16.8. The quantitative estimate of drug-likeness (QED) is 0.690. The number of aromatic amines is 1. The van der Waals surface area contributed by atoms with Gasteiger partial charge in [0.15, 0.2) is 0 Å². The Bertz CT molecular complexity index is 1190. The van der Waals surface area contributed by atoms with Gasteiger partial charge in [-0.2, -0.15) is 13.2 Å². The van der Waals surface area contributed by atoms with Crippen molar-refractivity contribution in [3.63, 3.8) is 0 Å². The molecule has 4 rings (SSSR count). The number of hydrogen-bond acceptors (Lipinski definition) is 3. The van der Waals surface area contributed by atoms with Crippen LogP contribution in [-0.2, 0) is 11.0 Å². The van der Waals surface area contributed by atoms with E-state index in [9.17, 15) is 27.6 Å². The van der Waals surface area contributed by atoms with E-state index in [0.29, 0.717) is 16.6 Å². The molecule has 1 aliphatic rings. The van der Waals surface area contributed by atoms with Crippen molar-refractivity contribution in [1.82, 2.24) is 10.3 Å². The van der Waals surface area contributed by atoms with Crippen molar-refractivity contribution < 1.29 is 22.8 Å². The van der Waals surface area contributed by atoms with Crippen LogP contribution in [0.4, 0.5) is 18.9 Å². The average Bonchev–Trinajstić information content (AvgIpc) is 3.07. The predicted octanol–water partition coefficient (Wildman–Crippen LogP) is 3.08. The van der Waals surface area contributed by atoms with Crippen molar-refractivity contribution in [3.8, 4) is 0 Å². The zero-order valence-corrected chi connectivity index (χ0v) is 15.5. The maximum atomic E-state index is 12.7. The molecule has 0 spiro atoms. The average molecular weight is 415 g/mol. The lowest BCUT2D eigenvalue weighted by atomic mass is 10.1. The maximum Gasteiger partial charge on any atom is 0.416 e. The van der Waals surface area contributed by atoms with Gasteiger partial charge in [-0.15, -0.1) is 0 Å². The lowest BCUT2D eigenvalue weighted by Gasteiger charge is -2.18. The minimum atomic E-state index is -4.46. The molecule has 2 aromatic carbocycles. The van der Waals surface area contributed by atoms with Crippen LogP contribution in [0.1, 0.15) is 22.3 Å². The molecule has 1 aliphatic heterocycles. The number of halogens is 3. The Hall–Kier alpha value is -3.62. The molecule has 30 heavy (non-hydrogen) atoms. The number of amides is 2. The van der Waals surface area contributed by atoms with Crippen molar-refractivity contribution in [1.29, 1.82) is 0 Å². The minimum absolute atomic E-state index is 0.116. The number of nitrogens with one attached hydrogen (secondary N) is 2. The van der Waals surface area contributed by atoms with Crippen LogP contribution in [0.15, 0.2) is 59.4 Å². The van der Waals surface area contributed by atoms with E-state index in [0.717, 1.165) is 12.1 Å². The molecule has 1 fully saturated rings. The first kappa shape index (κ1) is 19.7. The number of rotatable bonds is 3. The van der Waals surface area contributed by atoms with Crippen molar-refractivity contribution in [2.24, 2.45) is 0 Å². The number of para-hydroxylation sites is 1. The molecule has 2 heterocycles. The van der Waals surface area contributed by atoms with Crippen molar-refractivity contribution in [3.05, 3.63) is 76.1 Å². The molecule has 2 N–H and O–H groups in total. The van der Waals surface area contributed by atoms with Gasteiger partial charge in [0, 0.05) is 17.7 Å². The molecule has 3 aromatic rings. The standard InChI is InChI=1S/C21H16F3N3O3/c22-21(23,24)13-5-7-14(8-6-13)27-10-9-17(20(27)30)26-19(29)15-11-12-3-1-2-4-16(12)25-18(15)28/h1-8,11,17H,9-10H2,(H,25,28)(H,26,29). The first-order valence-electron chi connectivity index (χ1n) is 9.15. The topological polar surface area (TPSA) is 82.3 Å². The van der Waals surface area contributed by atoms with E-state index in [1.807, 2.05) is 0 Å². The Balaban J connectivity index is 1.50. The Morgan fingerprint density at radius 2 is 1.77 bits per heavy atom. The number of pyridine rings is 1. The summed E-state index contributed by atoms with van der Waals surface area (Å²) in [4.78, 5) is 41.4. The first-order chi connectivity index (χ1) is 14.2. The van der Waals surface area contributed by atoms with Crippen molar-refractivity contribution in [2.45, 2.75) is 18.6 Å². The zero-order valence-electron chi connectivity index (χ0n) is 15.5. The lowest BCUT2D eigenvalue weighted by Crippen LogP contribution is -2.43. The van der Waals surface area contributed by atoms with E-state index < -0.39 is 35.2 Å². The fraction of sp³-hybridized carbons (Fsp3) is 0.190. The van der Waals surface area contributed by atoms with Gasteiger partial charge in [0.1, 0.15) is 11.6 Å². The molecular formula is C21H16F3N3O3. The van der Waals surface area contributed by atoms with Crippen LogP contribution in [0, 0.1) is 0 Å². The predicted molar refractivity (Wildman–Crippen MR) is 104 cm³/mol. The number of alkyl halides is 3. The van der Waals surface area contributed by atoms with Gasteiger partial charge in [-0.1, -0.05) is 18.2 Å². The Kier molecular flexibility index (Phi) is 4.81. The number of H-pyrrole nitrogens is 1. The summed E-state index contributed by atoms with van der Waals surface area (Å²) in [6.07, 6.45) is -4.19. The number of carbonyl (C=O) groups excluding carboxylic acids is 2. The van der Waals surface area contributed by atoms with Gasteiger partial charge in [-0.05, 0) is 48.2 Å². The Morgan fingerprint density at radius 1 is 1.07 bits per heavy atom. The summed E-state index contributed by atoms with van der Waals surface area (Å²) in [5.74, 6) is -1.13. The lowest BCUT2D eigenvalue weighted by molar-refractivity contribution is -0.137. The van der Waals surface area contributed by atoms with E-state index >= 15 is 0 Å². The summed E-state index contributed by atoms with van der Waals surface area (Å²) in [5.41, 5.74) is -0.596. The molecule has 0 bridgehead atoms. The van der Waals surface area contributed by atoms with E-state index in [-0.39, 0.29) is 18.5 Å². The Morgan fingerprint density at radius 3 is 2.47 bits per heavy atom. The molecular weight excluding hydrogens is 399 g/mol. The molecule has 0 aliphatic carbocycles. The van der Waals surface area contributed by atoms with Gasteiger partial charge in [-0.25, -0.2) is 0 Å². The fourth-order valence-electron chi connectivity index (χ4n) is 3.45. The molecule has 9 heteroatoms. The third-order valence-electron chi connectivity index (χ3n) is 5.02. The number of nitrogens with zero attached hydrogens (tertiary/aromatic N) is 1. The highest BCUT2D eigenvalue weighted by Crippen LogP contribution is 2.31. The van der Waals surface area contributed by atoms with E-state index in [1.165, 1.54) is 23.1 Å². The summed E-state index contributed by atoms with van der Waals surface area (Å²) >= 11 is 0. The van der Waals surface area contributed by atoms with Crippen LogP contribution in [-0.4, -0.2) is 29.4 Å². The number of fused-ring (bicyclic) bond motifs is 1. The molecule has 0 saturated carbocycles. The van der Waals surface area contributed by atoms with Gasteiger partial charge in [0.25, 0.3) is 11.5 Å². The van der Waals surface area contributed by atoms with Crippen LogP contribution < -0.4 is 15.8 Å². The summed E-state index contributed by atoms with van der Waals surface area (Å²) in [6, 6.07) is 11.8. The molecule has 6 nitrogen and oxygen atoms in total. The third kappa shape index (κ3) is 3.66. The van der Waals surface area contributed by atoms with Gasteiger partial charge in [0.05, 0.1) is 5.56 Å². The van der Waals surface area contributed by atoms with Crippen LogP contribution in [0.3, 0.4) is 0 Å². The highest BCUT2D eigenvalue weighted by molar-refractivity contribution is 6.04. The monoisotopic (exact) mass is 415 g/mol. The van der Waals surface area contributed by atoms with Crippen LogP contribution >= 0.6 is 0 Å². The van der Waals surface area contributed by atoms with E-state index in [2.05, 4.69) is 10.3 Å². The van der Waals surface area contributed by atoms with Crippen LogP contribution in [0.25, 0.3) is 10.9 Å². The smallest absolute Gasteiger partial charge is 0.340 e. The van der Waals surface area contributed by atoms with Crippen molar-refractivity contribution in [2.75, 3.05) is 11.4 Å². The van der Waals surface area contributed by atoms with Crippen LogP contribution in [0.2, 0.25) is 0 Å². The minimum Gasteiger partial charge on any atom is -0.340 e. The van der Waals surface area contributed by atoms with E-state index in [4.69, 9.17) is 0 Å². The second kappa shape index (κ2) is 7.33. The Labute approximate surface area is 168 Å². The molecule has 154 valence electrons. The first-order valence-corrected chi connectivity index (χ1v) is 9.15. The zero-order chi connectivity index (χ0) is 21.5. The molecule has 1 atom stereocenters. The van der Waals surface area contributed by atoms with Crippen LogP contribution in [0.5, 0.6) is 0 Å². The SMILES string of the molecule is O=C(NC1CCN(c2ccc(C(F)(F)F)cc2)C1=O)c1cc2ccccc2[nH]c1=O. The van der Waals surface area contributed by atoms with Gasteiger partial charge in [-0.3, -0.25) is 14.4 Å². The van der Waals surface area contributed by atoms with Gasteiger partial charge < -0.3 is 15.2 Å². The maximum absolute atomic E-state index is 12.7. The number of anilines is 1. The molecule has 0 radical (unpaired) electrons. The number of carbonyl (C=O) groups is 2. The molecule has 1 saturated heterocycles. The number of benzene rings is 2. The van der Waals surface area contributed by atoms with Gasteiger partial charge in [0.2, 0.25) is 5.91 Å². The highest BCUT2D eigenvalue weighted by atomic mass is 19.4. The number of aromatic nitrogens is 1. The summed E-state index contributed by atoms with van der Waals surface area (Å²) in [5, 5.41) is 3.23. The van der Waals surface area contributed by atoms with Gasteiger partial charge >= 0.3 is 6.18 Å². The fourth-order valence-corrected chi connectivity index (χ4v) is 3.45. The van der Waals surface area contributed by atoms with Crippen molar-refractivity contribution >= 4 is 28.4 Å². The third-order valence-corrected chi connectivity index (χ3v) is 5.02. The van der Waals surface area contributed by atoms with E-state index in [1.54, 1.807) is 24.3 Å². The molecule has 1 aromatic heterocycles. The summed E-state index contributed by atoms with van der Waals surface area (Å²) < 4.78 is 38.1. The summed E-state index contributed by atoms with van der Waals surface area (Å²) in [7, 11) is 0. The highest BCUT2D eigenvalue weighted by Gasteiger charge is 2.35. The largest absolute Gasteiger partial charge is 0.416 e. The molecule has 1 unspecified atom stereocenters. The summed E-state index contributed by atoms with van der Waals surface area (Å²) in [6.45, 7) is 0.239. The number of hydrogen-bond donors (Lipinski definition) is 2. The second-order valence-corrected chi connectivity index (χ2v) is 6.95.